The molecule has 1 saturated heterocycles. The van der Waals surface area contributed by atoms with Crippen LogP contribution in [0.2, 0.25) is 0 Å². The molecular formula is C13H20N4O2. The third-order valence-corrected chi connectivity index (χ3v) is 3.17. The summed E-state index contributed by atoms with van der Waals surface area (Å²) < 4.78 is 1.65. The van der Waals surface area contributed by atoms with Crippen molar-refractivity contribution < 1.29 is 9.59 Å². The zero-order valence-corrected chi connectivity index (χ0v) is 11.6. The van der Waals surface area contributed by atoms with Gasteiger partial charge in [-0.05, 0) is 12.3 Å². The molecule has 0 radical (unpaired) electrons. The lowest BCUT2D eigenvalue weighted by atomic mass is 10.0. The minimum absolute atomic E-state index is 0.0486. The topological polar surface area (TPSA) is 67.2 Å². The number of carbonyl (C=O) groups excluding carboxylic acids is 2. The molecule has 2 rings (SSSR count). The van der Waals surface area contributed by atoms with E-state index >= 15 is 0 Å². The largest absolute Gasteiger partial charge is 0.344 e. The van der Waals surface area contributed by atoms with Crippen LogP contribution in [0.3, 0.4) is 0 Å². The second-order valence-electron chi connectivity index (χ2n) is 5.36. The Morgan fingerprint density at radius 1 is 1.47 bits per heavy atom. The van der Waals surface area contributed by atoms with Gasteiger partial charge in [0.05, 0.1) is 11.9 Å². The standard InChI is InChI=1S/C13H20N4O2/c1-9(2)6-11-13(19)17(5-4-12(18)15-11)10-7-14-16(3)8-10/h7-9,11H,4-6H2,1-3H3,(H,15,18). The molecule has 1 unspecified atom stereocenters. The van der Waals surface area contributed by atoms with Gasteiger partial charge in [0.1, 0.15) is 6.04 Å². The van der Waals surface area contributed by atoms with Crippen LogP contribution in [-0.2, 0) is 16.6 Å². The van der Waals surface area contributed by atoms with Crippen molar-refractivity contribution >= 4 is 17.5 Å². The highest BCUT2D eigenvalue weighted by Gasteiger charge is 2.31. The molecule has 6 heteroatoms. The summed E-state index contributed by atoms with van der Waals surface area (Å²) >= 11 is 0. The minimum Gasteiger partial charge on any atom is -0.344 e. The summed E-state index contributed by atoms with van der Waals surface area (Å²) in [7, 11) is 1.81. The first-order valence-corrected chi connectivity index (χ1v) is 6.56. The second-order valence-corrected chi connectivity index (χ2v) is 5.36. The van der Waals surface area contributed by atoms with E-state index in [1.165, 1.54) is 0 Å². The summed E-state index contributed by atoms with van der Waals surface area (Å²) in [4.78, 5) is 25.9. The van der Waals surface area contributed by atoms with Gasteiger partial charge in [0.2, 0.25) is 11.8 Å². The maximum absolute atomic E-state index is 12.5. The highest BCUT2D eigenvalue weighted by Crippen LogP contribution is 2.18. The first kappa shape index (κ1) is 13.6. The summed E-state index contributed by atoms with van der Waals surface area (Å²) in [5, 5.41) is 6.89. The maximum atomic E-state index is 12.5. The van der Waals surface area contributed by atoms with E-state index in [-0.39, 0.29) is 11.8 Å². The molecule has 0 spiro atoms. The average molecular weight is 264 g/mol. The van der Waals surface area contributed by atoms with Crippen molar-refractivity contribution in [2.45, 2.75) is 32.7 Å². The molecule has 0 bridgehead atoms. The highest BCUT2D eigenvalue weighted by molar-refractivity contribution is 6.01. The molecule has 19 heavy (non-hydrogen) atoms. The fourth-order valence-electron chi connectivity index (χ4n) is 2.28. The van der Waals surface area contributed by atoms with Crippen LogP contribution in [0, 0.1) is 5.92 Å². The molecule has 2 heterocycles. The van der Waals surface area contributed by atoms with Crippen molar-refractivity contribution in [3.05, 3.63) is 12.4 Å². The Balaban J connectivity index is 2.23. The van der Waals surface area contributed by atoms with Crippen molar-refractivity contribution in [2.75, 3.05) is 11.4 Å². The second kappa shape index (κ2) is 5.42. The van der Waals surface area contributed by atoms with Gasteiger partial charge in [-0.3, -0.25) is 14.3 Å². The van der Waals surface area contributed by atoms with E-state index in [9.17, 15) is 9.59 Å². The third-order valence-electron chi connectivity index (χ3n) is 3.17. The highest BCUT2D eigenvalue weighted by atomic mass is 16.2. The van der Waals surface area contributed by atoms with E-state index < -0.39 is 6.04 Å². The Kier molecular flexibility index (Phi) is 3.87. The number of amides is 2. The Morgan fingerprint density at radius 2 is 2.21 bits per heavy atom. The van der Waals surface area contributed by atoms with Crippen LogP contribution in [0.15, 0.2) is 12.4 Å². The van der Waals surface area contributed by atoms with Crippen LogP contribution in [0.1, 0.15) is 26.7 Å². The van der Waals surface area contributed by atoms with Gasteiger partial charge in [0, 0.05) is 26.2 Å². The first-order chi connectivity index (χ1) is 8.97. The Morgan fingerprint density at radius 3 is 2.79 bits per heavy atom. The molecule has 104 valence electrons. The van der Waals surface area contributed by atoms with E-state index in [0.29, 0.717) is 25.3 Å². The van der Waals surface area contributed by atoms with Crippen LogP contribution in [0.4, 0.5) is 5.69 Å². The van der Waals surface area contributed by atoms with Crippen molar-refractivity contribution in [2.24, 2.45) is 13.0 Å². The number of anilines is 1. The van der Waals surface area contributed by atoms with Gasteiger partial charge in [-0.1, -0.05) is 13.8 Å². The van der Waals surface area contributed by atoms with Gasteiger partial charge in [0.15, 0.2) is 0 Å². The number of aromatic nitrogens is 2. The van der Waals surface area contributed by atoms with Gasteiger partial charge in [-0.15, -0.1) is 0 Å². The van der Waals surface area contributed by atoms with E-state index in [1.807, 2.05) is 13.8 Å². The number of nitrogens with one attached hydrogen (secondary N) is 1. The maximum Gasteiger partial charge on any atom is 0.249 e. The van der Waals surface area contributed by atoms with Gasteiger partial charge in [-0.2, -0.15) is 5.10 Å². The third kappa shape index (κ3) is 3.13. The van der Waals surface area contributed by atoms with Crippen molar-refractivity contribution in [1.29, 1.82) is 0 Å². The van der Waals surface area contributed by atoms with Crippen molar-refractivity contribution in [3.63, 3.8) is 0 Å². The number of rotatable bonds is 3. The number of hydrogen-bond acceptors (Lipinski definition) is 3. The lowest BCUT2D eigenvalue weighted by Crippen LogP contribution is -2.45. The predicted molar refractivity (Wildman–Crippen MR) is 71.6 cm³/mol. The number of aryl methyl sites for hydroxylation is 1. The molecule has 2 amide bonds. The molecule has 1 N–H and O–H groups in total. The monoisotopic (exact) mass is 264 g/mol. The fraction of sp³-hybridized carbons (Fsp3) is 0.615. The zero-order chi connectivity index (χ0) is 14.0. The zero-order valence-electron chi connectivity index (χ0n) is 11.6. The molecule has 1 atom stereocenters. The molecular weight excluding hydrogens is 244 g/mol. The molecule has 6 nitrogen and oxygen atoms in total. The molecule has 1 aliphatic heterocycles. The Bertz CT molecular complexity index is 481. The van der Waals surface area contributed by atoms with Gasteiger partial charge in [0.25, 0.3) is 0 Å². The minimum atomic E-state index is -0.435. The average Bonchev–Trinajstić information content (AvgIpc) is 2.68. The molecule has 0 aromatic carbocycles. The first-order valence-electron chi connectivity index (χ1n) is 6.56. The quantitative estimate of drug-likeness (QED) is 0.873. The Hall–Kier alpha value is -1.85. The van der Waals surface area contributed by atoms with Gasteiger partial charge >= 0.3 is 0 Å². The van der Waals surface area contributed by atoms with Crippen LogP contribution in [0.25, 0.3) is 0 Å². The van der Waals surface area contributed by atoms with E-state index in [4.69, 9.17) is 0 Å². The predicted octanol–water partition coefficient (Wildman–Crippen LogP) is 0.688. The smallest absolute Gasteiger partial charge is 0.249 e. The van der Waals surface area contributed by atoms with Crippen LogP contribution < -0.4 is 10.2 Å². The van der Waals surface area contributed by atoms with E-state index in [1.54, 1.807) is 29.0 Å². The summed E-state index contributed by atoms with van der Waals surface area (Å²) in [6.45, 7) is 4.49. The lowest BCUT2D eigenvalue weighted by Gasteiger charge is -2.23. The SMILES string of the molecule is CC(C)CC1NC(=O)CCN(c2cnn(C)c2)C1=O. The van der Waals surface area contributed by atoms with Crippen molar-refractivity contribution in [3.8, 4) is 0 Å². The van der Waals surface area contributed by atoms with Crippen LogP contribution >= 0.6 is 0 Å². The van der Waals surface area contributed by atoms with Gasteiger partial charge < -0.3 is 10.2 Å². The molecule has 0 aliphatic carbocycles. The molecule has 1 aromatic rings. The van der Waals surface area contributed by atoms with Gasteiger partial charge in [-0.25, -0.2) is 0 Å². The molecule has 1 aromatic heterocycles. The summed E-state index contributed by atoms with van der Waals surface area (Å²) in [5.74, 6) is 0.237. The fourth-order valence-corrected chi connectivity index (χ4v) is 2.28. The number of hydrogen-bond donors (Lipinski definition) is 1. The lowest BCUT2D eigenvalue weighted by molar-refractivity contribution is -0.125. The summed E-state index contributed by atoms with van der Waals surface area (Å²) in [6.07, 6.45) is 4.43. The number of carbonyl (C=O) groups is 2. The normalized spacial score (nSPS) is 20.6. The number of nitrogens with zero attached hydrogens (tertiary/aromatic N) is 3. The Labute approximate surface area is 112 Å². The molecule has 0 saturated carbocycles. The summed E-state index contributed by atoms with van der Waals surface area (Å²) in [5.41, 5.74) is 0.748. The van der Waals surface area contributed by atoms with Crippen LogP contribution in [0.5, 0.6) is 0 Å². The summed E-state index contributed by atoms with van der Waals surface area (Å²) in [6, 6.07) is -0.435. The van der Waals surface area contributed by atoms with E-state index in [2.05, 4.69) is 10.4 Å². The van der Waals surface area contributed by atoms with Crippen LogP contribution in [-0.4, -0.2) is 34.2 Å². The van der Waals surface area contributed by atoms with E-state index in [0.717, 1.165) is 5.69 Å². The molecule has 1 aliphatic rings. The molecule has 1 fully saturated rings. The van der Waals surface area contributed by atoms with Crippen molar-refractivity contribution in [1.82, 2.24) is 15.1 Å².